The molecule has 1 aliphatic carbocycles. The van der Waals surface area contributed by atoms with E-state index in [0.29, 0.717) is 4.75 Å². The Hall–Kier alpha value is -0.700. The number of aryl methyl sites for hydroxylation is 1. The van der Waals surface area contributed by atoms with Crippen LogP contribution in [0.5, 0.6) is 0 Å². The summed E-state index contributed by atoms with van der Waals surface area (Å²) in [4.78, 5) is 19.1. The molecule has 0 bridgehead atoms. The molecule has 2 heterocycles. The Balaban J connectivity index is 0.00000280. The minimum atomic E-state index is 0. The first-order valence-electron chi connectivity index (χ1n) is 10.6. The van der Waals surface area contributed by atoms with E-state index in [1.54, 1.807) is 16.7 Å². The van der Waals surface area contributed by atoms with Gasteiger partial charge in [0.25, 0.3) is 0 Å². The van der Waals surface area contributed by atoms with Gasteiger partial charge in [-0.15, -0.1) is 24.0 Å². The summed E-state index contributed by atoms with van der Waals surface area (Å²) in [5.41, 5.74) is 0.0814. The van der Waals surface area contributed by atoms with Crippen molar-refractivity contribution in [1.29, 1.82) is 0 Å². The van der Waals surface area contributed by atoms with Crippen LogP contribution in [0.2, 0.25) is 0 Å². The molecule has 3 rings (SSSR count). The molecule has 1 aliphatic heterocycles. The summed E-state index contributed by atoms with van der Waals surface area (Å²) in [7, 11) is 0. The van der Waals surface area contributed by atoms with Crippen LogP contribution in [0, 0.1) is 0 Å². The minimum Gasteiger partial charge on any atom is -0.357 e. The number of aromatic nitrogens is 1. The SMILES string of the molecule is CCNC(=NCCCCn1ccccc1=O)N1CCSC2(CCCCC2)C1.I. The Morgan fingerprint density at radius 2 is 2.07 bits per heavy atom. The highest BCUT2D eigenvalue weighted by Gasteiger charge is 2.38. The molecule has 1 N–H and O–H groups in total. The van der Waals surface area contributed by atoms with Gasteiger partial charge in [-0.3, -0.25) is 9.79 Å². The molecule has 2 aliphatic rings. The Labute approximate surface area is 190 Å². The van der Waals surface area contributed by atoms with Gasteiger partial charge in [0.2, 0.25) is 5.56 Å². The van der Waals surface area contributed by atoms with E-state index in [1.807, 2.05) is 12.3 Å². The molecule has 28 heavy (non-hydrogen) atoms. The number of pyridine rings is 1. The second-order valence-corrected chi connectivity index (χ2v) is 9.25. The van der Waals surface area contributed by atoms with Crippen molar-refractivity contribution < 1.29 is 0 Å². The maximum atomic E-state index is 11.7. The summed E-state index contributed by atoms with van der Waals surface area (Å²) in [6.07, 6.45) is 10.7. The van der Waals surface area contributed by atoms with Gasteiger partial charge in [0.05, 0.1) is 0 Å². The fraction of sp³-hybridized carbons (Fsp3) is 0.714. The number of nitrogens with one attached hydrogen (secondary N) is 1. The summed E-state index contributed by atoms with van der Waals surface area (Å²) in [5.74, 6) is 2.29. The van der Waals surface area contributed by atoms with Gasteiger partial charge in [0.15, 0.2) is 5.96 Å². The zero-order valence-electron chi connectivity index (χ0n) is 17.1. The van der Waals surface area contributed by atoms with E-state index < -0.39 is 0 Å². The third kappa shape index (κ3) is 6.68. The second-order valence-electron chi connectivity index (χ2n) is 7.69. The normalized spacial score (nSPS) is 19.3. The van der Waals surface area contributed by atoms with Crippen LogP contribution in [0.3, 0.4) is 0 Å². The third-order valence-electron chi connectivity index (χ3n) is 5.62. The molecule has 7 heteroatoms. The largest absolute Gasteiger partial charge is 0.357 e. The Kier molecular flexibility index (Phi) is 10.2. The molecule has 158 valence electrons. The number of aliphatic imine (C=N–C) groups is 1. The van der Waals surface area contributed by atoms with Crippen LogP contribution in [0.15, 0.2) is 34.2 Å². The Morgan fingerprint density at radius 1 is 1.25 bits per heavy atom. The number of unbranched alkanes of at least 4 members (excludes halogenated alkanes) is 1. The van der Waals surface area contributed by atoms with Crippen molar-refractivity contribution in [3.63, 3.8) is 0 Å². The van der Waals surface area contributed by atoms with E-state index in [4.69, 9.17) is 4.99 Å². The highest BCUT2D eigenvalue weighted by molar-refractivity contribution is 14.0. The van der Waals surface area contributed by atoms with Gasteiger partial charge in [-0.25, -0.2) is 0 Å². The molecule has 0 radical (unpaired) electrons. The molecular formula is C21H35IN4OS. The lowest BCUT2D eigenvalue weighted by Gasteiger charge is -2.45. The number of hydrogen-bond donors (Lipinski definition) is 1. The zero-order chi connectivity index (χ0) is 19.0. The van der Waals surface area contributed by atoms with Crippen molar-refractivity contribution in [1.82, 2.24) is 14.8 Å². The Morgan fingerprint density at radius 3 is 2.82 bits per heavy atom. The fourth-order valence-electron chi connectivity index (χ4n) is 4.17. The molecule has 1 spiro atoms. The standard InChI is InChI=1S/C21H34N4OS.HI/c1-2-22-20(23-13-7-9-15-24-14-8-4-10-19(24)26)25-16-17-27-21(18-25)11-5-3-6-12-21;/h4,8,10,14H,2-3,5-7,9,11-13,15-18H2,1H3,(H,22,23);1H. The van der Waals surface area contributed by atoms with Crippen LogP contribution in [0.25, 0.3) is 0 Å². The fourth-order valence-corrected chi connectivity index (χ4v) is 5.74. The van der Waals surface area contributed by atoms with Crippen LogP contribution in [0.1, 0.15) is 51.9 Å². The van der Waals surface area contributed by atoms with Crippen LogP contribution in [-0.2, 0) is 6.54 Å². The molecule has 2 fully saturated rings. The highest BCUT2D eigenvalue weighted by atomic mass is 127. The van der Waals surface area contributed by atoms with Gasteiger partial charge in [0, 0.05) is 55.5 Å². The molecule has 0 amide bonds. The lowest BCUT2D eigenvalue weighted by Crippen LogP contribution is -2.53. The van der Waals surface area contributed by atoms with E-state index in [1.165, 1.54) is 37.9 Å². The molecule has 0 unspecified atom stereocenters. The first-order chi connectivity index (χ1) is 13.2. The van der Waals surface area contributed by atoms with Crippen molar-refractivity contribution in [2.75, 3.05) is 31.9 Å². The average Bonchev–Trinajstić information content (AvgIpc) is 2.69. The number of rotatable bonds is 6. The van der Waals surface area contributed by atoms with Gasteiger partial charge in [0.1, 0.15) is 0 Å². The van der Waals surface area contributed by atoms with Crippen molar-refractivity contribution in [3.05, 3.63) is 34.7 Å². The number of nitrogens with zero attached hydrogens (tertiary/aromatic N) is 3. The summed E-state index contributed by atoms with van der Waals surface area (Å²) < 4.78 is 2.24. The minimum absolute atomic E-state index is 0. The molecule has 1 aromatic heterocycles. The van der Waals surface area contributed by atoms with E-state index >= 15 is 0 Å². The first kappa shape index (κ1) is 23.6. The quantitative estimate of drug-likeness (QED) is 0.268. The van der Waals surface area contributed by atoms with E-state index in [2.05, 4.69) is 28.9 Å². The van der Waals surface area contributed by atoms with Crippen LogP contribution in [-0.4, -0.2) is 52.1 Å². The van der Waals surface area contributed by atoms with Gasteiger partial charge in [-0.2, -0.15) is 11.8 Å². The molecule has 0 atom stereocenters. The first-order valence-corrected chi connectivity index (χ1v) is 11.5. The maximum Gasteiger partial charge on any atom is 0.250 e. The molecule has 1 aromatic rings. The lowest BCUT2D eigenvalue weighted by molar-refractivity contribution is 0.293. The van der Waals surface area contributed by atoms with Crippen molar-refractivity contribution in [2.24, 2.45) is 4.99 Å². The summed E-state index contributed by atoms with van der Waals surface area (Å²) in [6.45, 7) is 6.89. The second kappa shape index (κ2) is 12.1. The lowest BCUT2D eigenvalue weighted by atomic mass is 9.87. The molecular weight excluding hydrogens is 483 g/mol. The average molecular weight is 519 g/mol. The van der Waals surface area contributed by atoms with Crippen LogP contribution in [0.4, 0.5) is 0 Å². The summed E-state index contributed by atoms with van der Waals surface area (Å²) in [6, 6.07) is 5.33. The Bertz CT molecular complexity index is 667. The van der Waals surface area contributed by atoms with Gasteiger partial charge >= 0.3 is 0 Å². The summed E-state index contributed by atoms with van der Waals surface area (Å²) in [5, 5.41) is 3.50. The number of halogens is 1. The maximum absolute atomic E-state index is 11.7. The van der Waals surface area contributed by atoms with E-state index in [9.17, 15) is 4.79 Å². The van der Waals surface area contributed by atoms with E-state index in [0.717, 1.165) is 51.5 Å². The number of guanidine groups is 1. The highest BCUT2D eigenvalue weighted by Crippen LogP contribution is 2.42. The summed E-state index contributed by atoms with van der Waals surface area (Å²) >= 11 is 2.20. The topological polar surface area (TPSA) is 49.6 Å². The van der Waals surface area contributed by atoms with Gasteiger partial charge in [-0.05, 0) is 38.7 Å². The predicted molar refractivity (Wildman–Crippen MR) is 131 cm³/mol. The van der Waals surface area contributed by atoms with Crippen molar-refractivity contribution >= 4 is 41.7 Å². The van der Waals surface area contributed by atoms with Crippen LogP contribution < -0.4 is 10.9 Å². The van der Waals surface area contributed by atoms with Crippen molar-refractivity contribution in [3.8, 4) is 0 Å². The van der Waals surface area contributed by atoms with E-state index in [-0.39, 0.29) is 29.5 Å². The smallest absolute Gasteiger partial charge is 0.250 e. The molecule has 1 saturated heterocycles. The predicted octanol–water partition coefficient (Wildman–Crippen LogP) is 3.96. The molecule has 5 nitrogen and oxygen atoms in total. The number of hydrogen-bond acceptors (Lipinski definition) is 3. The molecule has 0 aromatic carbocycles. The van der Waals surface area contributed by atoms with Gasteiger partial charge < -0.3 is 14.8 Å². The van der Waals surface area contributed by atoms with Crippen LogP contribution >= 0.6 is 35.7 Å². The third-order valence-corrected chi connectivity index (χ3v) is 7.15. The monoisotopic (exact) mass is 518 g/mol. The zero-order valence-corrected chi connectivity index (χ0v) is 20.2. The molecule has 1 saturated carbocycles. The number of thioether (sulfide) groups is 1. The van der Waals surface area contributed by atoms with Gasteiger partial charge in [-0.1, -0.05) is 25.3 Å². The van der Waals surface area contributed by atoms with Crippen molar-refractivity contribution in [2.45, 2.75) is 63.2 Å².